The lowest BCUT2D eigenvalue weighted by Crippen LogP contribution is -1.96. The Bertz CT molecular complexity index is 424. The molecule has 0 fully saturated rings. The van der Waals surface area contributed by atoms with Gasteiger partial charge >= 0.3 is 11.7 Å². The van der Waals surface area contributed by atoms with Crippen molar-refractivity contribution in [2.75, 3.05) is 5.75 Å². The molecule has 0 spiro atoms. The van der Waals surface area contributed by atoms with Gasteiger partial charge in [-0.05, 0) is 12.1 Å². The molecule has 1 N–H and O–H groups in total. The maximum Gasteiger partial charge on any atom is 0.305 e. The average molecular weight is 245 g/mol. The highest BCUT2D eigenvalue weighted by molar-refractivity contribution is 7.99. The van der Waals surface area contributed by atoms with Crippen LogP contribution < -0.4 is 0 Å². The maximum absolute atomic E-state index is 12.9. The van der Waals surface area contributed by atoms with E-state index in [1.807, 2.05) is 0 Å². The van der Waals surface area contributed by atoms with Crippen LogP contribution in [0.1, 0.15) is 6.42 Å². The van der Waals surface area contributed by atoms with Crippen LogP contribution in [0.5, 0.6) is 0 Å². The van der Waals surface area contributed by atoms with Crippen LogP contribution in [-0.4, -0.2) is 21.8 Å². The first kappa shape index (κ1) is 12.4. The molecule has 0 saturated heterocycles. The zero-order valence-corrected chi connectivity index (χ0v) is 8.87. The molecule has 0 unspecified atom stereocenters. The van der Waals surface area contributed by atoms with Crippen LogP contribution in [0.4, 0.5) is 10.1 Å². The van der Waals surface area contributed by atoms with Gasteiger partial charge in [-0.25, -0.2) is 0 Å². The molecule has 1 aromatic carbocycles. The van der Waals surface area contributed by atoms with Crippen molar-refractivity contribution in [2.24, 2.45) is 0 Å². The molecule has 0 aromatic heterocycles. The molecular weight excluding hydrogens is 237 g/mol. The number of aliphatic carboxylic acids is 1. The van der Waals surface area contributed by atoms with Gasteiger partial charge in [0.25, 0.3) is 0 Å². The summed E-state index contributed by atoms with van der Waals surface area (Å²) in [6, 6.07) is 3.48. The molecule has 0 aliphatic carbocycles. The number of hydrogen-bond acceptors (Lipinski definition) is 4. The van der Waals surface area contributed by atoms with Gasteiger partial charge in [0.05, 0.1) is 11.3 Å². The van der Waals surface area contributed by atoms with Crippen LogP contribution in [0.3, 0.4) is 0 Å². The minimum atomic E-state index is -0.941. The number of carboxylic acid groups (broad SMARTS) is 1. The highest BCUT2D eigenvalue weighted by Crippen LogP contribution is 2.25. The third-order valence-electron chi connectivity index (χ3n) is 1.70. The van der Waals surface area contributed by atoms with Crippen LogP contribution in [0.25, 0.3) is 0 Å². The Morgan fingerprint density at radius 3 is 2.81 bits per heavy atom. The summed E-state index contributed by atoms with van der Waals surface area (Å²) >= 11 is 1.14. The topological polar surface area (TPSA) is 80.4 Å². The van der Waals surface area contributed by atoms with E-state index in [0.717, 1.165) is 23.9 Å². The van der Waals surface area contributed by atoms with Crippen molar-refractivity contribution in [1.29, 1.82) is 0 Å². The van der Waals surface area contributed by atoms with Gasteiger partial charge in [0.1, 0.15) is 0 Å². The Kier molecular flexibility index (Phi) is 4.24. The monoisotopic (exact) mass is 245 g/mol. The first-order valence-corrected chi connectivity index (χ1v) is 5.28. The Morgan fingerprint density at radius 1 is 1.56 bits per heavy atom. The van der Waals surface area contributed by atoms with Crippen molar-refractivity contribution in [1.82, 2.24) is 0 Å². The molecule has 0 saturated carbocycles. The van der Waals surface area contributed by atoms with E-state index in [2.05, 4.69) is 0 Å². The third-order valence-corrected chi connectivity index (χ3v) is 2.69. The molecule has 1 rings (SSSR count). The second-order valence-electron chi connectivity index (χ2n) is 2.86. The fourth-order valence-electron chi connectivity index (χ4n) is 0.978. The molecule has 0 aliphatic heterocycles. The summed E-state index contributed by atoms with van der Waals surface area (Å²) in [6.45, 7) is 0. The second kappa shape index (κ2) is 5.45. The van der Waals surface area contributed by atoms with Gasteiger partial charge in [0.2, 0.25) is 5.82 Å². The van der Waals surface area contributed by atoms with E-state index < -0.39 is 22.4 Å². The summed E-state index contributed by atoms with van der Waals surface area (Å²) in [4.78, 5) is 20.3. The lowest BCUT2D eigenvalue weighted by molar-refractivity contribution is -0.387. The van der Waals surface area contributed by atoms with Crippen molar-refractivity contribution >= 4 is 23.4 Å². The highest BCUT2D eigenvalue weighted by Gasteiger charge is 2.14. The number of carboxylic acids is 1. The van der Waals surface area contributed by atoms with Crippen LogP contribution in [0.15, 0.2) is 23.1 Å². The van der Waals surface area contributed by atoms with Crippen LogP contribution in [0, 0.1) is 15.9 Å². The highest BCUT2D eigenvalue weighted by atomic mass is 32.2. The molecule has 0 heterocycles. The van der Waals surface area contributed by atoms with E-state index in [-0.39, 0.29) is 12.2 Å². The van der Waals surface area contributed by atoms with Crippen molar-refractivity contribution in [3.8, 4) is 0 Å². The first-order chi connectivity index (χ1) is 7.50. The summed E-state index contributed by atoms with van der Waals surface area (Å²) < 4.78 is 12.9. The molecule has 0 amide bonds. The molecule has 0 radical (unpaired) electrons. The average Bonchev–Trinajstić information content (AvgIpc) is 2.19. The molecular formula is C9H8FNO4S. The lowest BCUT2D eigenvalue weighted by Gasteiger charge is -2.00. The SMILES string of the molecule is O=C(O)CCSc1ccc(F)c([N+](=O)[O-])c1. The van der Waals surface area contributed by atoms with Gasteiger partial charge in [-0.2, -0.15) is 4.39 Å². The van der Waals surface area contributed by atoms with E-state index in [1.54, 1.807) is 0 Å². The largest absolute Gasteiger partial charge is 0.481 e. The van der Waals surface area contributed by atoms with Gasteiger partial charge < -0.3 is 5.11 Å². The van der Waals surface area contributed by atoms with E-state index >= 15 is 0 Å². The maximum atomic E-state index is 12.9. The number of benzene rings is 1. The zero-order chi connectivity index (χ0) is 12.1. The predicted octanol–water partition coefficient (Wildman–Crippen LogP) is 2.30. The van der Waals surface area contributed by atoms with Gasteiger partial charge in [-0.3, -0.25) is 14.9 Å². The Hall–Kier alpha value is -1.63. The lowest BCUT2D eigenvalue weighted by atomic mass is 10.3. The van der Waals surface area contributed by atoms with E-state index in [1.165, 1.54) is 6.07 Å². The number of nitro groups is 1. The summed E-state index contributed by atoms with van der Waals surface area (Å²) in [5, 5.41) is 18.8. The minimum Gasteiger partial charge on any atom is -0.481 e. The smallest absolute Gasteiger partial charge is 0.305 e. The number of rotatable bonds is 5. The molecule has 16 heavy (non-hydrogen) atoms. The van der Waals surface area contributed by atoms with Crippen molar-refractivity contribution < 1.29 is 19.2 Å². The second-order valence-corrected chi connectivity index (χ2v) is 4.03. The Morgan fingerprint density at radius 2 is 2.25 bits per heavy atom. The fraction of sp³-hybridized carbons (Fsp3) is 0.222. The van der Waals surface area contributed by atoms with E-state index in [0.29, 0.717) is 4.90 Å². The van der Waals surface area contributed by atoms with E-state index in [9.17, 15) is 19.3 Å². The fourth-order valence-corrected chi connectivity index (χ4v) is 1.85. The zero-order valence-electron chi connectivity index (χ0n) is 8.05. The first-order valence-electron chi connectivity index (χ1n) is 4.29. The van der Waals surface area contributed by atoms with Gasteiger partial charge in [0.15, 0.2) is 0 Å². The number of halogens is 1. The normalized spacial score (nSPS) is 10.1. The van der Waals surface area contributed by atoms with Crippen molar-refractivity contribution in [2.45, 2.75) is 11.3 Å². The molecule has 7 heteroatoms. The Labute approximate surface area is 94.4 Å². The summed E-state index contributed by atoms with van der Waals surface area (Å²) in [5.41, 5.74) is -0.597. The number of nitro benzene ring substituents is 1. The predicted molar refractivity (Wildman–Crippen MR) is 56.0 cm³/mol. The summed E-state index contributed by atoms with van der Waals surface area (Å²) in [7, 11) is 0. The van der Waals surface area contributed by atoms with Crippen LogP contribution >= 0.6 is 11.8 Å². The third kappa shape index (κ3) is 3.50. The van der Waals surface area contributed by atoms with Crippen molar-refractivity contribution in [3.05, 3.63) is 34.1 Å². The van der Waals surface area contributed by atoms with Crippen molar-refractivity contribution in [3.63, 3.8) is 0 Å². The number of hydrogen-bond donors (Lipinski definition) is 1. The molecule has 0 atom stereocenters. The van der Waals surface area contributed by atoms with Gasteiger partial charge in [-0.1, -0.05) is 0 Å². The molecule has 86 valence electrons. The number of nitrogens with zero attached hydrogens (tertiary/aromatic N) is 1. The van der Waals surface area contributed by atoms with Crippen LogP contribution in [-0.2, 0) is 4.79 Å². The number of carbonyl (C=O) groups is 1. The van der Waals surface area contributed by atoms with Gasteiger partial charge in [0, 0.05) is 16.7 Å². The summed E-state index contributed by atoms with van der Waals surface area (Å²) in [5.74, 6) is -1.55. The summed E-state index contributed by atoms with van der Waals surface area (Å²) in [6.07, 6.45) is -0.0458. The Balaban J connectivity index is 2.71. The standard InChI is InChI=1S/C9H8FNO4S/c10-7-2-1-6(5-8(7)11(14)15)16-4-3-9(12)13/h1-2,5H,3-4H2,(H,12,13). The quantitative estimate of drug-likeness (QED) is 0.489. The molecule has 0 aliphatic rings. The molecule has 0 bridgehead atoms. The molecule has 1 aromatic rings. The molecule has 5 nitrogen and oxygen atoms in total. The number of thioether (sulfide) groups is 1. The van der Waals surface area contributed by atoms with Gasteiger partial charge in [-0.15, -0.1) is 11.8 Å². The van der Waals surface area contributed by atoms with Crippen LogP contribution in [0.2, 0.25) is 0 Å². The minimum absolute atomic E-state index is 0.0458. The van der Waals surface area contributed by atoms with E-state index in [4.69, 9.17) is 5.11 Å².